The van der Waals surface area contributed by atoms with Crippen LogP contribution in [0.2, 0.25) is 0 Å². The number of phosphoric acid groups is 1. The number of nitrogens with one attached hydrogen (secondary N) is 1. The Kier molecular flexibility index (Phi) is 48.7. The number of phosphoric ester groups is 1. The highest BCUT2D eigenvalue weighted by Gasteiger charge is 2.23. The van der Waals surface area contributed by atoms with E-state index in [-0.39, 0.29) is 19.1 Å². The van der Waals surface area contributed by atoms with Gasteiger partial charge in [0.1, 0.15) is 13.2 Å². The Labute approximate surface area is 417 Å². The van der Waals surface area contributed by atoms with Crippen molar-refractivity contribution < 1.29 is 32.9 Å². The highest BCUT2D eigenvalue weighted by Crippen LogP contribution is 2.38. The third kappa shape index (κ3) is 52.4. The predicted octanol–water partition coefficient (Wildman–Crippen LogP) is 16.7. The molecule has 0 aromatic rings. The SMILES string of the molecule is CCC/C=C\C/C=C\CCCCCCCC(=O)NC(COP(=O)([O-])OCC[N+](C)(C)C)C(O)/C=C/CCCCCCCCCCCCCCCCCCCCCCCCCCCCCCCC. The van der Waals surface area contributed by atoms with Gasteiger partial charge in [0.15, 0.2) is 0 Å². The van der Waals surface area contributed by atoms with Crippen LogP contribution in [0.3, 0.4) is 0 Å². The van der Waals surface area contributed by atoms with E-state index in [9.17, 15) is 19.4 Å². The summed E-state index contributed by atoms with van der Waals surface area (Å²) in [5.74, 6) is -0.210. The van der Waals surface area contributed by atoms with Crippen molar-refractivity contribution in [3.63, 3.8) is 0 Å². The summed E-state index contributed by atoms with van der Waals surface area (Å²) in [6.45, 7) is 4.59. The Morgan fingerprint density at radius 3 is 1.30 bits per heavy atom. The van der Waals surface area contributed by atoms with Crippen LogP contribution in [0.4, 0.5) is 0 Å². The van der Waals surface area contributed by atoms with E-state index in [0.29, 0.717) is 17.4 Å². The zero-order valence-corrected chi connectivity index (χ0v) is 46.0. The molecule has 2 N–H and O–H groups in total. The molecule has 9 heteroatoms. The molecule has 0 saturated carbocycles. The topological polar surface area (TPSA) is 108 Å². The van der Waals surface area contributed by atoms with Crippen LogP contribution in [-0.2, 0) is 18.4 Å². The van der Waals surface area contributed by atoms with Crippen LogP contribution in [0.25, 0.3) is 0 Å². The number of aliphatic hydroxyl groups is 1. The molecule has 0 spiro atoms. The zero-order valence-electron chi connectivity index (χ0n) is 45.1. The van der Waals surface area contributed by atoms with Gasteiger partial charge in [-0.05, 0) is 44.9 Å². The van der Waals surface area contributed by atoms with Crippen molar-refractivity contribution >= 4 is 13.7 Å². The van der Waals surface area contributed by atoms with Crippen molar-refractivity contribution in [2.75, 3.05) is 40.9 Å². The summed E-state index contributed by atoms with van der Waals surface area (Å²) in [5, 5.41) is 13.8. The summed E-state index contributed by atoms with van der Waals surface area (Å²) in [4.78, 5) is 25.4. The second-order valence-electron chi connectivity index (χ2n) is 21.0. The van der Waals surface area contributed by atoms with Gasteiger partial charge in [0, 0.05) is 6.42 Å². The standard InChI is InChI=1S/C58H113N2O6P/c1-6-8-10-12-14-16-18-20-21-22-23-24-25-26-27-28-29-30-31-32-33-34-35-36-37-38-40-41-43-45-47-49-51-57(61)56(55-66-67(63,64)65-54-53-60(3,4)5)59-58(62)52-50-48-46-44-42-39-19-17-15-13-11-9-7-2/h11,13,17,19,49,51,56-57,61H,6-10,12,14-16,18,20-48,50,52-55H2,1-5H3,(H-,59,62,63,64)/b13-11-,19-17-,51-49+. The molecule has 0 bridgehead atoms. The fourth-order valence-electron chi connectivity index (χ4n) is 8.55. The fourth-order valence-corrected chi connectivity index (χ4v) is 9.27. The van der Waals surface area contributed by atoms with Crippen molar-refractivity contribution in [3.05, 3.63) is 36.5 Å². The first kappa shape index (κ1) is 65.7. The summed E-state index contributed by atoms with van der Waals surface area (Å²) < 4.78 is 23.3. The number of likely N-dealkylation sites (N-methyl/N-ethyl adjacent to an activating group) is 1. The Morgan fingerprint density at radius 1 is 0.522 bits per heavy atom. The van der Waals surface area contributed by atoms with Gasteiger partial charge in [0.05, 0.1) is 39.9 Å². The molecule has 0 fully saturated rings. The van der Waals surface area contributed by atoms with Crippen LogP contribution in [0, 0.1) is 0 Å². The quantitative estimate of drug-likeness (QED) is 0.0272. The highest BCUT2D eigenvalue weighted by molar-refractivity contribution is 7.45. The van der Waals surface area contributed by atoms with E-state index in [1.807, 2.05) is 27.2 Å². The maximum atomic E-state index is 12.9. The van der Waals surface area contributed by atoms with Gasteiger partial charge in [-0.1, -0.05) is 262 Å². The zero-order chi connectivity index (χ0) is 49.2. The molecule has 3 unspecified atom stereocenters. The van der Waals surface area contributed by atoms with Crippen LogP contribution in [-0.4, -0.2) is 68.5 Å². The normalized spacial score (nSPS) is 14.2. The minimum atomic E-state index is -4.60. The van der Waals surface area contributed by atoms with Gasteiger partial charge in [-0.25, -0.2) is 0 Å². The molecule has 1 amide bonds. The first-order valence-electron chi connectivity index (χ1n) is 28.9. The average Bonchev–Trinajstić information content (AvgIpc) is 3.29. The van der Waals surface area contributed by atoms with Crippen LogP contribution < -0.4 is 10.2 Å². The number of rotatable bonds is 53. The molecule has 0 aromatic heterocycles. The number of hydrogen-bond acceptors (Lipinski definition) is 6. The first-order valence-corrected chi connectivity index (χ1v) is 30.3. The molecule has 0 radical (unpaired) electrons. The lowest BCUT2D eigenvalue weighted by molar-refractivity contribution is -0.870. The summed E-state index contributed by atoms with van der Waals surface area (Å²) >= 11 is 0. The number of allylic oxidation sites excluding steroid dienone is 5. The van der Waals surface area contributed by atoms with Gasteiger partial charge in [0.2, 0.25) is 5.91 Å². The number of unbranched alkanes of at least 4 members (excludes halogenated alkanes) is 36. The number of hydrogen-bond donors (Lipinski definition) is 2. The minimum absolute atomic E-state index is 0.00383. The second-order valence-corrected chi connectivity index (χ2v) is 22.4. The molecule has 3 atom stereocenters. The van der Waals surface area contributed by atoms with Gasteiger partial charge in [0.25, 0.3) is 7.82 Å². The number of nitrogens with zero attached hydrogens (tertiary/aromatic N) is 1. The highest BCUT2D eigenvalue weighted by atomic mass is 31.2. The smallest absolute Gasteiger partial charge is 0.268 e. The summed E-state index contributed by atoms with van der Waals surface area (Å²) in [6, 6.07) is -0.893. The van der Waals surface area contributed by atoms with Crippen molar-refractivity contribution in [1.29, 1.82) is 0 Å². The maximum Gasteiger partial charge on any atom is 0.268 e. The number of aliphatic hydroxyl groups excluding tert-OH is 1. The molecular formula is C58H113N2O6P. The Morgan fingerprint density at radius 2 is 0.896 bits per heavy atom. The first-order chi connectivity index (χ1) is 32.5. The average molecular weight is 966 g/mol. The molecule has 0 heterocycles. The Balaban J connectivity index is 4.05. The van der Waals surface area contributed by atoms with E-state index in [4.69, 9.17) is 9.05 Å². The molecular weight excluding hydrogens is 852 g/mol. The Hall–Kier alpha value is -1.28. The molecule has 396 valence electrons. The van der Waals surface area contributed by atoms with Crippen LogP contribution in [0.1, 0.15) is 277 Å². The molecule has 0 rings (SSSR count). The van der Waals surface area contributed by atoms with E-state index in [1.165, 1.54) is 186 Å². The van der Waals surface area contributed by atoms with Crippen LogP contribution >= 0.6 is 7.82 Å². The number of amides is 1. The molecule has 0 aliphatic heterocycles. The largest absolute Gasteiger partial charge is 0.756 e. The van der Waals surface area contributed by atoms with Gasteiger partial charge < -0.3 is 28.8 Å². The van der Waals surface area contributed by atoms with E-state index in [1.54, 1.807) is 6.08 Å². The molecule has 0 aromatic carbocycles. The fraction of sp³-hybridized carbons (Fsp3) is 0.879. The van der Waals surface area contributed by atoms with Crippen LogP contribution in [0.5, 0.6) is 0 Å². The maximum absolute atomic E-state index is 12.9. The summed E-state index contributed by atoms with van der Waals surface area (Å²) in [6.07, 6.45) is 63.9. The van der Waals surface area contributed by atoms with Crippen LogP contribution in [0.15, 0.2) is 36.5 Å². The predicted molar refractivity (Wildman–Crippen MR) is 288 cm³/mol. The lowest BCUT2D eigenvalue weighted by atomic mass is 10.0. The van der Waals surface area contributed by atoms with Gasteiger partial charge in [-0.15, -0.1) is 0 Å². The lowest BCUT2D eigenvalue weighted by Crippen LogP contribution is -2.45. The van der Waals surface area contributed by atoms with E-state index in [2.05, 4.69) is 43.5 Å². The van der Waals surface area contributed by atoms with Crippen molar-refractivity contribution in [3.8, 4) is 0 Å². The summed E-state index contributed by atoms with van der Waals surface area (Å²) in [5.41, 5.74) is 0. The molecule has 8 nitrogen and oxygen atoms in total. The minimum Gasteiger partial charge on any atom is -0.756 e. The molecule has 67 heavy (non-hydrogen) atoms. The molecule has 0 aliphatic rings. The number of quaternary nitrogens is 1. The van der Waals surface area contributed by atoms with E-state index >= 15 is 0 Å². The summed E-state index contributed by atoms with van der Waals surface area (Å²) in [7, 11) is 1.26. The van der Waals surface area contributed by atoms with E-state index in [0.717, 1.165) is 70.6 Å². The monoisotopic (exact) mass is 965 g/mol. The molecule has 0 aliphatic carbocycles. The Bertz CT molecular complexity index is 1190. The molecule has 0 saturated heterocycles. The third-order valence-electron chi connectivity index (χ3n) is 13.1. The van der Waals surface area contributed by atoms with Crippen molar-refractivity contribution in [1.82, 2.24) is 5.32 Å². The van der Waals surface area contributed by atoms with Crippen molar-refractivity contribution in [2.45, 2.75) is 289 Å². The third-order valence-corrected chi connectivity index (χ3v) is 14.0. The van der Waals surface area contributed by atoms with Gasteiger partial charge >= 0.3 is 0 Å². The van der Waals surface area contributed by atoms with Gasteiger partial charge in [-0.3, -0.25) is 9.36 Å². The number of carbonyl (C=O) groups excluding carboxylic acids is 1. The van der Waals surface area contributed by atoms with E-state index < -0.39 is 20.0 Å². The van der Waals surface area contributed by atoms with Gasteiger partial charge in [-0.2, -0.15) is 0 Å². The second kappa shape index (κ2) is 49.7. The lowest BCUT2D eigenvalue weighted by Gasteiger charge is -2.29. The van der Waals surface area contributed by atoms with Crippen molar-refractivity contribution in [2.24, 2.45) is 0 Å². The number of carbonyl (C=O) groups is 1.